The van der Waals surface area contributed by atoms with Crippen molar-refractivity contribution in [3.05, 3.63) is 51.7 Å². The molecule has 1 atom stereocenters. The molecule has 2 aliphatic heterocycles. The molecule has 1 N–H and O–H groups in total. The second-order valence-electron chi connectivity index (χ2n) is 6.04. The highest BCUT2D eigenvalue weighted by molar-refractivity contribution is 8.14. The normalized spacial score (nSPS) is 19.9. The molecule has 0 saturated heterocycles. The average Bonchev–Trinajstić information content (AvgIpc) is 3.15. The Morgan fingerprint density at radius 3 is 3.00 bits per heavy atom. The number of aryl methyl sites for hydroxylation is 1. The first kappa shape index (κ1) is 16.4. The molecule has 0 aliphatic carbocycles. The number of fused-ring (bicyclic) bond motifs is 1. The predicted octanol–water partition coefficient (Wildman–Crippen LogP) is 3.89. The van der Waals surface area contributed by atoms with Gasteiger partial charge in [0.15, 0.2) is 0 Å². The Morgan fingerprint density at radius 2 is 2.24 bits per heavy atom. The third-order valence-electron chi connectivity index (χ3n) is 4.41. The second kappa shape index (κ2) is 6.65. The predicted molar refractivity (Wildman–Crippen MR) is 103 cm³/mol. The van der Waals surface area contributed by atoms with Crippen LogP contribution in [0.1, 0.15) is 34.1 Å². The number of hydrogen-bond acceptors (Lipinski definition) is 5. The molecule has 3 heterocycles. The molecule has 1 aromatic heterocycles. The highest BCUT2D eigenvalue weighted by atomic mass is 32.2. The van der Waals surface area contributed by atoms with Crippen molar-refractivity contribution in [1.82, 2.24) is 5.43 Å². The maximum Gasteiger partial charge on any atom is 0.299 e. The maximum atomic E-state index is 12.8. The van der Waals surface area contributed by atoms with E-state index in [9.17, 15) is 9.59 Å². The summed E-state index contributed by atoms with van der Waals surface area (Å²) in [5.41, 5.74) is 6.55. The van der Waals surface area contributed by atoms with Crippen molar-refractivity contribution in [3.63, 3.8) is 0 Å². The summed E-state index contributed by atoms with van der Waals surface area (Å²) in [7, 11) is 0. The van der Waals surface area contributed by atoms with Crippen molar-refractivity contribution in [2.24, 2.45) is 5.10 Å². The first-order valence-corrected chi connectivity index (χ1v) is 9.92. The number of nitrogens with one attached hydrogen (secondary N) is 1. The van der Waals surface area contributed by atoms with E-state index in [1.807, 2.05) is 41.5 Å². The molecule has 25 heavy (non-hydrogen) atoms. The fourth-order valence-corrected chi connectivity index (χ4v) is 4.63. The van der Waals surface area contributed by atoms with Crippen LogP contribution in [0.5, 0.6) is 0 Å². The van der Waals surface area contributed by atoms with Crippen molar-refractivity contribution >= 4 is 45.6 Å². The summed E-state index contributed by atoms with van der Waals surface area (Å²) in [6, 6.07) is 9.88. The lowest BCUT2D eigenvalue weighted by Gasteiger charge is -2.30. The molecule has 0 saturated carbocycles. The van der Waals surface area contributed by atoms with Crippen LogP contribution in [0.25, 0.3) is 0 Å². The molecule has 2 aromatic rings. The number of carbonyl (C=O) groups is 2. The standard InChI is InChI=1S/C18H17N3O2S2/c1-11-16(19-20-18(23)25-11)13-6-7-14-12(10-13)4-2-8-21(14)17(22)15-5-3-9-24-15/h3,5-7,9-11H,2,4,8H2,1H3,(H,20,23). The minimum atomic E-state index is -0.123. The Labute approximate surface area is 154 Å². The number of rotatable bonds is 2. The van der Waals surface area contributed by atoms with Crippen LogP contribution in [0.4, 0.5) is 10.5 Å². The van der Waals surface area contributed by atoms with Gasteiger partial charge in [-0.1, -0.05) is 23.9 Å². The largest absolute Gasteiger partial charge is 0.307 e. The number of anilines is 1. The average molecular weight is 371 g/mol. The number of nitrogens with zero attached hydrogens (tertiary/aromatic N) is 2. The Kier molecular flexibility index (Phi) is 4.35. The lowest BCUT2D eigenvalue weighted by molar-refractivity contribution is 0.0989. The maximum absolute atomic E-state index is 12.8. The van der Waals surface area contributed by atoms with Crippen molar-refractivity contribution in [2.75, 3.05) is 11.4 Å². The van der Waals surface area contributed by atoms with Crippen LogP contribution in [-0.4, -0.2) is 28.7 Å². The summed E-state index contributed by atoms with van der Waals surface area (Å²) in [4.78, 5) is 26.8. The van der Waals surface area contributed by atoms with E-state index in [-0.39, 0.29) is 16.4 Å². The number of thiophene rings is 1. The van der Waals surface area contributed by atoms with E-state index in [0.29, 0.717) is 0 Å². The third kappa shape index (κ3) is 3.09. The molecule has 0 fully saturated rings. The summed E-state index contributed by atoms with van der Waals surface area (Å²) in [6.45, 7) is 2.72. The second-order valence-corrected chi connectivity index (χ2v) is 8.30. The topological polar surface area (TPSA) is 61.8 Å². The van der Waals surface area contributed by atoms with Gasteiger partial charge in [-0.2, -0.15) is 5.10 Å². The summed E-state index contributed by atoms with van der Waals surface area (Å²) in [6.07, 6.45) is 1.89. The van der Waals surface area contributed by atoms with Gasteiger partial charge in [-0.3, -0.25) is 9.59 Å². The van der Waals surface area contributed by atoms with Gasteiger partial charge in [-0.05, 0) is 54.5 Å². The van der Waals surface area contributed by atoms with Crippen LogP contribution >= 0.6 is 23.1 Å². The summed E-state index contributed by atoms with van der Waals surface area (Å²) >= 11 is 2.71. The molecule has 1 unspecified atom stereocenters. The number of thioether (sulfide) groups is 1. The monoisotopic (exact) mass is 371 g/mol. The molecule has 4 rings (SSSR count). The quantitative estimate of drug-likeness (QED) is 0.871. The summed E-state index contributed by atoms with van der Waals surface area (Å²) in [5.74, 6) is 0.0647. The van der Waals surface area contributed by atoms with Gasteiger partial charge in [-0.15, -0.1) is 11.3 Å². The first-order valence-electron chi connectivity index (χ1n) is 8.16. The summed E-state index contributed by atoms with van der Waals surface area (Å²) < 4.78 is 0. The molecule has 1 aromatic carbocycles. The van der Waals surface area contributed by atoms with Gasteiger partial charge >= 0.3 is 0 Å². The molecule has 0 spiro atoms. The van der Waals surface area contributed by atoms with Crippen LogP contribution < -0.4 is 10.3 Å². The fraction of sp³-hybridized carbons (Fsp3) is 0.278. The molecular weight excluding hydrogens is 354 g/mol. The molecule has 0 radical (unpaired) electrons. The van der Waals surface area contributed by atoms with Gasteiger partial charge in [0, 0.05) is 12.2 Å². The van der Waals surface area contributed by atoms with Crippen molar-refractivity contribution in [2.45, 2.75) is 25.0 Å². The molecule has 0 bridgehead atoms. The molecule has 7 heteroatoms. The van der Waals surface area contributed by atoms with Gasteiger partial charge < -0.3 is 4.90 Å². The molecule has 2 amide bonds. The number of carbonyl (C=O) groups excluding carboxylic acids is 2. The van der Waals surface area contributed by atoms with Crippen LogP contribution in [0.2, 0.25) is 0 Å². The fourth-order valence-electron chi connectivity index (χ4n) is 3.24. The van der Waals surface area contributed by atoms with Crippen molar-refractivity contribution in [3.8, 4) is 0 Å². The van der Waals surface area contributed by atoms with E-state index in [2.05, 4.69) is 16.6 Å². The van der Waals surface area contributed by atoms with Gasteiger partial charge in [0.2, 0.25) is 0 Å². The lowest BCUT2D eigenvalue weighted by atomic mass is 9.96. The zero-order valence-electron chi connectivity index (χ0n) is 13.7. The van der Waals surface area contributed by atoms with Gasteiger partial charge in [0.25, 0.3) is 11.1 Å². The SMILES string of the molecule is CC1SC(=O)NN=C1c1ccc2c(c1)CCCN2C(=O)c1cccs1. The minimum absolute atomic E-state index is 0.0132. The van der Waals surface area contributed by atoms with E-state index >= 15 is 0 Å². The number of benzene rings is 1. The summed E-state index contributed by atoms with van der Waals surface area (Å²) in [5, 5.41) is 6.04. The van der Waals surface area contributed by atoms with Crippen LogP contribution in [0, 0.1) is 0 Å². The molecule has 5 nitrogen and oxygen atoms in total. The Balaban J connectivity index is 1.67. The number of hydrogen-bond donors (Lipinski definition) is 1. The van der Waals surface area contributed by atoms with Gasteiger partial charge in [-0.25, -0.2) is 5.43 Å². The highest BCUT2D eigenvalue weighted by Crippen LogP contribution is 2.31. The van der Waals surface area contributed by atoms with Crippen molar-refractivity contribution < 1.29 is 9.59 Å². The smallest absolute Gasteiger partial charge is 0.299 e. The zero-order chi connectivity index (χ0) is 17.4. The Morgan fingerprint density at radius 1 is 1.36 bits per heavy atom. The van der Waals surface area contributed by atoms with Crippen LogP contribution in [0.15, 0.2) is 40.8 Å². The van der Waals surface area contributed by atoms with E-state index in [1.165, 1.54) is 23.1 Å². The van der Waals surface area contributed by atoms with Crippen LogP contribution in [0.3, 0.4) is 0 Å². The van der Waals surface area contributed by atoms with Crippen molar-refractivity contribution in [1.29, 1.82) is 0 Å². The van der Waals surface area contributed by atoms with Crippen LogP contribution in [-0.2, 0) is 6.42 Å². The number of hydrazone groups is 1. The van der Waals surface area contributed by atoms with E-state index in [4.69, 9.17) is 0 Å². The van der Waals surface area contributed by atoms with E-state index in [1.54, 1.807) is 0 Å². The minimum Gasteiger partial charge on any atom is -0.307 e. The van der Waals surface area contributed by atoms with E-state index in [0.717, 1.165) is 46.8 Å². The first-order chi connectivity index (χ1) is 12.1. The number of amides is 2. The molecular formula is C18H17N3O2S2. The zero-order valence-corrected chi connectivity index (χ0v) is 15.3. The lowest BCUT2D eigenvalue weighted by Crippen LogP contribution is -2.35. The molecule has 128 valence electrons. The molecule has 2 aliphatic rings. The Bertz CT molecular complexity index is 861. The van der Waals surface area contributed by atoms with Gasteiger partial charge in [0.05, 0.1) is 15.8 Å². The van der Waals surface area contributed by atoms with E-state index < -0.39 is 0 Å². The third-order valence-corrected chi connectivity index (χ3v) is 6.15. The Hall–Kier alpha value is -2.12. The highest BCUT2D eigenvalue weighted by Gasteiger charge is 2.27. The van der Waals surface area contributed by atoms with Gasteiger partial charge in [0.1, 0.15) is 0 Å².